The maximum atomic E-state index is 8.30. The minimum Gasteiger partial charge on any atom is -0.494 e. The zero-order valence-corrected chi connectivity index (χ0v) is 7.53. The van der Waals surface area contributed by atoms with Crippen LogP contribution in [0.15, 0.2) is 30.3 Å². The molecule has 0 fully saturated rings. The van der Waals surface area contributed by atoms with Gasteiger partial charge in [0.2, 0.25) is 0 Å². The predicted molar refractivity (Wildman–Crippen MR) is 52.3 cm³/mol. The number of rotatable bonds is 3. The van der Waals surface area contributed by atoms with Gasteiger partial charge in [0.1, 0.15) is 5.75 Å². The molecule has 0 unspecified atom stereocenters. The van der Waals surface area contributed by atoms with Gasteiger partial charge in [0.25, 0.3) is 0 Å². The normalized spacial score (nSPS) is 9.85. The van der Waals surface area contributed by atoms with E-state index in [0.717, 1.165) is 11.3 Å². The highest BCUT2D eigenvalue weighted by atomic mass is 16.5. The molecular weight excluding hydrogens is 162 g/mol. The van der Waals surface area contributed by atoms with Crippen LogP contribution in [0.25, 0.3) is 6.08 Å². The zero-order chi connectivity index (χ0) is 9.52. The molecular formula is C11H11NO. The van der Waals surface area contributed by atoms with E-state index in [4.69, 9.17) is 10.00 Å². The van der Waals surface area contributed by atoms with Gasteiger partial charge in [-0.1, -0.05) is 12.1 Å². The van der Waals surface area contributed by atoms with E-state index in [2.05, 4.69) is 0 Å². The van der Waals surface area contributed by atoms with Gasteiger partial charge in [-0.05, 0) is 30.7 Å². The Kier molecular flexibility index (Phi) is 3.59. The van der Waals surface area contributed by atoms with Crippen LogP contribution in [0.4, 0.5) is 0 Å². The Bertz CT molecular complexity index is 319. The molecule has 0 aliphatic carbocycles. The molecule has 66 valence electrons. The Labute approximate surface area is 78.1 Å². The second-order valence-electron chi connectivity index (χ2n) is 2.46. The average Bonchev–Trinajstić information content (AvgIpc) is 2.17. The molecule has 0 amide bonds. The van der Waals surface area contributed by atoms with Crippen molar-refractivity contribution in [2.45, 2.75) is 6.92 Å². The minimum absolute atomic E-state index is 0.674. The molecule has 1 aromatic carbocycles. The maximum Gasteiger partial charge on any atom is 0.119 e. The van der Waals surface area contributed by atoms with E-state index in [1.54, 1.807) is 6.08 Å². The number of hydrogen-bond donors (Lipinski definition) is 0. The van der Waals surface area contributed by atoms with Crippen molar-refractivity contribution in [2.24, 2.45) is 0 Å². The second-order valence-corrected chi connectivity index (χ2v) is 2.46. The molecule has 0 N–H and O–H groups in total. The topological polar surface area (TPSA) is 33.0 Å². The molecule has 0 spiro atoms. The third-order valence-electron chi connectivity index (χ3n) is 1.54. The summed E-state index contributed by atoms with van der Waals surface area (Å²) in [7, 11) is 0. The van der Waals surface area contributed by atoms with Crippen LogP contribution in [0.3, 0.4) is 0 Å². The fourth-order valence-electron chi connectivity index (χ4n) is 0.975. The smallest absolute Gasteiger partial charge is 0.119 e. The van der Waals surface area contributed by atoms with E-state index in [9.17, 15) is 0 Å². The van der Waals surface area contributed by atoms with Crippen LogP contribution in [-0.4, -0.2) is 6.61 Å². The number of hydrogen-bond acceptors (Lipinski definition) is 2. The van der Waals surface area contributed by atoms with E-state index in [-0.39, 0.29) is 0 Å². The summed E-state index contributed by atoms with van der Waals surface area (Å²) in [4.78, 5) is 0. The third kappa shape index (κ3) is 3.00. The first-order valence-electron chi connectivity index (χ1n) is 4.16. The largest absolute Gasteiger partial charge is 0.494 e. The van der Waals surface area contributed by atoms with E-state index >= 15 is 0 Å². The first-order chi connectivity index (χ1) is 6.36. The number of ether oxygens (including phenoxy) is 1. The monoisotopic (exact) mass is 173 g/mol. The summed E-state index contributed by atoms with van der Waals surface area (Å²) in [5.41, 5.74) is 1.00. The Morgan fingerprint density at radius 1 is 1.38 bits per heavy atom. The second kappa shape index (κ2) is 5.00. The molecule has 2 nitrogen and oxygen atoms in total. The van der Waals surface area contributed by atoms with Gasteiger partial charge >= 0.3 is 0 Å². The maximum absolute atomic E-state index is 8.30. The summed E-state index contributed by atoms with van der Waals surface area (Å²) < 4.78 is 5.28. The molecule has 0 aliphatic rings. The van der Waals surface area contributed by atoms with E-state index in [0.29, 0.717) is 6.61 Å². The lowest BCUT2D eigenvalue weighted by molar-refractivity contribution is 0.340. The molecule has 0 saturated carbocycles. The van der Waals surface area contributed by atoms with Gasteiger partial charge in [-0.2, -0.15) is 5.26 Å². The Morgan fingerprint density at radius 3 is 2.62 bits per heavy atom. The van der Waals surface area contributed by atoms with Gasteiger partial charge < -0.3 is 4.74 Å². The van der Waals surface area contributed by atoms with Crippen LogP contribution in [-0.2, 0) is 0 Å². The number of nitrogens with zero attached hydrogens (tertiary/aromatic N) is 1. The lowest BCUT2D eigenvalue weighted by atomic mass is 10.2. The molecule has 0 heterocycles. The first kappa shape index (κ1) is 9.34. The van der Waals surface area contributed by atoms with Gasteiger partial charge in [-0.3, -0.25) is 0 Å². The quantitative estimate of drug-likeness (QED) is 0.658. The number of benzene rings is 1. The Hall–Kier alpha value is -1.75. The van der Waals surface area contributed by atoms with E-state index in [1.807, 2.05) is 37.3 Å². The Balaban J connectivity index is 2.70. The summed E-state index contributed by atoms with van der Waals surface area (Å²) in [5.74, 6) is 0.858. The molecule has 0 aliphatic heterocycles. The van der Waals surface area contributed by atoms with Crippen molar-refractivity contribution in [3.63, 3.8) is 0 Å². The molecule has 0 atom stereocenters. The van der Waals surface area contributed by atoms with E-state index in [1.165, 1.54) is 6.08 Å². The number of nitriles is 1. The average molecular weight is 173 g/mol. The lowest BCUT2D eigenvalue weighted by Gasteiger charge is -2.01. The standard InChI is InChI=1S/C11H11NO/c1-2-13-11-7-5-10(6-8-11)4-3-9-12/h3-8H,2H2,1H3. The highest BCUT2D eigenvalue weighted by molar-refractivity contribution is 5.52. The molecule has 1 aromatic rings. The van der Waals surface area contributed by atoms with Crippen molar-refractivity contribution in [3.05, 3.63) is 35.9 Å². The molecule has 0 saturated heterocycles. The molecule has 0 aromatic heterocycles. The zero-order valence-electron chi connectivity index (χ0n) is 7.53. The molecule has 0 bridgehead atoms. The minimum atomic E-state index is 0.674. The van der Waals surface area contributed by atoms with Crippen molar-refractivity contribution in [3.8, 4) is 11.8 Å². The van der Waals surface area contributed by atoms with Crippen LogP contribution < -0.4 is 4.74 Å². The van der Waals surface area contributed by atoms with Crippen molar-refractivity contribution < 1.29 is 4.74 Å². The first-order valence-corrected chi connectivity index (χ1v) is 4.16. The lowest BCUT2D eigenvalue weighted by Crippen LogP contribution is -1.90. The third-order valence-corrected chi connectivity index (χ3v) is 1.54. The fourth-order valence-corrected chi connectivity index (χ4v) is 0.975. The van der Waals surface area contributed by atoms with Gasteiger partial charge in [0.15, 0.2) is 0 Å². The van der Waals surface area contributed by atoms with Crippen molar-refractivity contribution in [1.82, 2.24) is 0 Å². The predicted octanol–water partition coefficient (Wildman–Crippen LogP) is 2.62. The van der Waals surface area contributed by atoms with Gasteiger partial charge in [0.05, 0.1) is 12.7 Å². The van der Waals surface area contributed by atoms with Gasteiger partial charge in [-0.25, -0.2) is 0 Å². The van der Waals surface area contributed by atoms with Crippen molar-refractivity contribution in [2.75, 3.05) is 6.61 Å². The van der Waals surface area contributed by atoms with Gasteiger partial charge in [0, 0.05) is 6.08 Å². The molecule has 13 heavy (non-hydrogen) atoms. The summed E-state index contributed by atoms with van der Waals surface area (Å²) in [6.07, 6.45) is 3.21. The van der Waals surface area contributed by atoms with Crippen LogP contribution in [0.2, 0.25) is 0 Å². The van der Waals surface area contributed by atoms with Crippen LogP contribution >= 0.6 is 0 Å². The van der Waals surface area contributed by atoms with Gasteiger partial charge in [-0.15, -0.1) is 0 Å². The summed E-state index contributed by atoms with van der Waals surface area (Å²) in [5, 5.41) is 8.30. The van der Waals surface area contributed by atoms with E-state index < -0.39 is 0 Å². The summed E-state index contributed by atoms with van der Waals surface area (Å²) in [6, 6.07) is 9.55. The van der Waals surface area contributed by atoms with Crippen molar-refractivity contribution >= 4 is 6.08 Å². The van der Waals surface area contributed by atoms with Crippen LogP contribution in [0, 0.1) is 11.3 Å². The van der Waals surface area contributed by atoms with Crippen LogP contribution in [0.1, 0.15) is 12.5 Å². The highest BCUT2D eigenvalue weighted by Gasteiger charge is 1.90. The Morgan fingerprint density at radius 2 is 2.08 bits per heavy atom. The molecule has 2 heteroatoms. The van der Waals surface area contributed by atoms with Crippen molar-refractivity contribution in [1.29, 1.82) is 5.26 Å². The fraction of sp³-hybridized carbons (Fsp3) is 0.182. The van der Waals surface area contributed by atoms with Crippen LogP contribution in [0.5, 0.6) is 5.75 Å². The summed E-state index contributed by atoms with van der Waals surface area (Å²) >= 11 is 0. The highest BCUT2D eigenvalue weighted by Crippen LogP contribution is 2.12. The molecule has 1 rings (SSSR count). The molecule has 0 radical (unpaired) electrons. The SMILES string of the molecule is CCOc1ccc(C=CC#N)cc1. The summed E-state index contributed by atoms with van der Waals surface area (Å²) in [6.45, 7) is 2.62. The number of allylic oxidation sites excluding steroid dienone is 1.